The van der Waals surface area contributed by atoms with E-state index in [1.54, 1.807) is 28.6 Å². The number of rotatable bonds is 6. The van der Waals surface area contributed by atoms with E-state index < -0.39 is 12.1 Å². The first-order valence-corrected chi connectivity index (χ1v) is 9.64. The van der Waals surface area contributed by atoms with Gasteiger partial charge in [0.05, 0.1) is 10.7 Å². The van der Waals surface area contributed by atoms with Crippen LogP contribution in [0.25, 0.3) is 5.82 Å². The third kappa shape index (κ3) is 4.70. The number of amides is 1. The Labute approximate surface area is 170 Å². The molecule has 0 bridgehead atoms. The molecule has 8 heteroatoms. The Morgan fingerprint density at radius 3 is 2.21 bits per heavy atom. The molecule has 1 unspecified atom stereocenters. The summed E-state index contributed by atoms with van der Waals surface area (Å²) in [7, 11) is 0. The van der Waals surface area contributed by atoms with Gasteiger partial charge >= 0.3 is 5.97 Å². The van der Waals surface area contributed by atoms with Crippen LogP contribution in [-0.4, -0.2) is 49.7 Å². The van der Waals surface area contributed by atoms with Crippen molar-refractivity contribution in [3.8, 4) is 5.82 Å². The summed E-state index contributed by atoms with van der Waals surface area (Å²) in [6.45, 7) is 13.0. The third-order valence-corrected chi connectivity index (χ3v) is 4.56. The first-order chi connectivity index (χ1) is 13.0. The predicted octanol–water partition coefficient (Wildman–Crippen LogP) is 3.73. The number of aryl methyl sites for hydroxylation is 2. The monoisotopic (exact) mass is 406 g/mol. The molecule has 0 saturated carbocycles. The van der Waals surface area contributed by atoms with E-state index >= 15 is 0 Å². The van der Waals surface area contributed by atoms with Crippen molar-refractivity contribution < 1.29 is 14.3 Å². The second-order valence-corrected chi connectivity index (χ2v) is 7.73. The first-order valence-electron chi connectivity index (χ1n) is 9.26. The van der Waals surface area contributed by atoms with Crippen LogP contribution in [0.15, 0.2) is 18.2 Å². The van der Waals surface area contributed by atoms with Gasteiger partial charge in [-0.25, -0.2) is 14.5 Å². The van der Waals surface area contributed by atoms with Gasteiger partial charge < -0.3 is 9.64 Å². The lowest BCUT2D eigenvalue weighted by Gasteiger charge is -2.32. The summed E-state index contributed by atoms with van der Waals surface area (Å²) in [5.41, 5.74) is 1.66. The molecule has 7 nitrogen and oxygen atoms in total. The average molecular weight is 407 g/mol. The van der Waals surface area contributed by atoms with E-state index in [0.717, 1.165) is 11.4 Å². The van der Waals surface area contributed by atoms with E-state index in [0.29, 0.717) is 5.82 Å². The number of carbonyl (C=O) groups excluding carboxylic acids is 2. The number of esters is 1. The summed E-state index contributed by atoms with van der Waals surface area (Å²) in [6.07, 6.45) is -0.951. The molecule has 28 heavy (non-hydrogen) atoms. The molecule has 0 aliphatic heterocycles. The Balaban J connectivity index is 2.25. The minimum Gasteiger partial charge on any atom is -0.448 e. The SMILES string of the molecule is Cc1cc(C)n(-c2ccc(Cl)c(C(=O)OC(C)C(=O)N(C(C)C)C(C)C)n2)n1. The molecule has 0 spiro atoms. The van der Waals surface area contributed by atoms with Gasteiger partial charge in [0, 0.05) is 17.8 Å². The van der Waals surface area contributed by atoms with E-state index in [9.17, 15) is 9.59 Å². The highest BCUT2D eigenvalue weighted by Gasteiger charge is 2.29. The highest BCUT2D eigenvalue weighted by Crippen LogP contribution is 2.20. The minimum absolute atomic E-state index is 0.00952. The second kappa shape index (κ2) is 8.73. The predicted molar refractivity (Wildman–Crippen MR) is 108 cm³/mol. The Hall–Kier alpha value is -2.41. The Morgan fingerprint density at radius 1 is 1.11 bits per heavy atom. The molecule has 2 rings (SSSR count). The largest absolute Gasteiger partial charge is 0.448 e. The summed E-state index contributed by atoms with van der Waals surface area (Å²) >= 11 is 6.16. The van der Waals surface area contributed by atoms with E-state index in [1.807, 2.05) is 47.6 Å². The topological polar surface area (TPSA) is 77.3 Å². The van der Waals surface area contributed by atoms with Crippen molar-refractivity contribution in [2.45, 2.75) is 66.7 Å². The number of hydrogen-bond donors (Lipinski definition) is 0. The van der Waals surface area contributed by atoms with Gasteiger partial charge in [-0.05, 0) is 66.7 Å². The Morgan fingerprint density at radius 2 is 1.71 bits per heavy atom. The van der Waals surface area contributed by atoms with Crippen LogP contribution in [0.2, 0.25) is 5.02 Å². The highest BCUT2D eigenvalue weighted by atomic mass is 35.5. The first kappa shape index (κ1) is 21.9. The van der Waals surface area contributed by atoms with Gasteiger partial charge in [-0.1, -0.05) is 11.6 Å². The standard InChI is InChI=1S/C20H27ClN4O3/c1-11(2)24(12(3)4)19(26)15(7)28-20(27)18-16(21)8-9-17(22-18)25-14(6)10-13(5)23-25/h8-12,15H,1-7H3. The van der Waals surface area contributed by atoms with E-state index in [2.05, 4.69) is 10.1 Å². The number of hydrogen-bond acceptors (Lipinski definition) is 5. The third-order valence-electron chi connectivity index (χ3n) is 4.25. The maximum atomic E-state index is 12.7. The summed E-state index contributed by atoms with van der Waals surface area (Å²) in [5.74, 6) is -0.558. The van der Waals surface area contributed by atoms with Crippen LogP contribution < -0.4 is 0 Å². The quantitative estimate of drug-likeness (QED) is 0.683. The van der Waals surface area contributed by atoms with Crippen molar-refractivity contribution in [3.05, 3.63) is 40.3 Å². The molecule has 2 aromatic heterocycles. The fraction of sp³-hybridized carbons (Fsp3) is 0.500. The van der Waals surface area contributed by atoms with Crippen molar-refractivity contribution in [2.75, 3.05) is 0 Å². The molecular formula is C20H27ClN4O3. The van der Waals surface area contributed by atoms with Gasteiger partial charge in [0.1, 0.15) is 0 Å². The zero-order chi connectivity index (χ0) is 21.2. The Kier molecular flexibility index (Phi) is 6.82. The molecule has 0 aromatic carbocycles. The summed E-state index contributed by atoms with van der Waals surface area (Å²) in [4.78, 5) is 31.3. The lowest BCUT2D eigenvalue weighted by molar-refractivity contribution is -0.143. The molecule has 0 fully saturated rings. The molecular weight excluding hydrogens is 380 g/mol. The van der Waals surface area contributed by atoms with Crippen molar-refractivity contribution >= 4 is 23.5 Å². The van der Waals surface area contributed by atoms with Crippen molar-refractivity contribution in [1.82, 2.24) is 19.7 Å². The molecule has 0 aliphatic rings. The summed E-state index contributed by atoms with van der Waals surface area (Å²) in [6, 6.07) is 5.13. The molecule has 0 saturated heterocycles. The van der Waals surface area contributed by atoms with Gasteiger partial charge in [0.15, 0.2) is 17.6 Å². The molecule has 2 heterocycles. The van der Waals surface area contributed by atoms with Crippen LogP contribution >= 0.6 is 11.6 Å². The molecule has 2 aromatic rings. The summed E-state index contributed by atoms with van der Waals surface area (Å²) in [5, 5.41) is 4.51. The fourth-order valence-electron chi connectivity index (χ4n) is 3.14. The fourth-order valence-corrected chi connectivity index (χ4v) is 3.32. The molecule has 152 valence electrons. The van der Waals surface area contributed by atoms with Crippen LogP contribution in [0, 0.1) is 13.8 Å². The van der Waals surface area contributed by atoms with Gasteiger partial charge in [-0.3, -0.25) is 4.79 Å². The number of nitrogens with zero attached hydrogens (tertiary/aromatic N) is 4. The zero-order valence-corrected chi connectivity index (χ0v) is 18.1. The number of ether oxygens (including phenoxy) is 1. The van der Waals surface area contributed by atoms with Gasteiger partial charge in [-0.15, -0.1) is 0 Å². The van der Waals surface area contributed by atoms with Crippen LogP contribution in [0.4, 0.5) is 0 Å². The molecule has 0 radical (unpaired) electrons. The second-order valence-electron chi connectivity index (χ2n) is 7.32. The smallest absolute Gasteiger partial charge is 0.359 e. The maximum absolute atomic E-state index is 12.7. The molecule has 1 amide bonds. The zero-order valence-electron chi connectivity index (χ0n) is 17.4. The van der Waals surface area contributed by atoms with Crippen molar-refractivity contribution in [1.29, 1.82) is 0 Å². The number of aromatic nitrogens is 3. The van der Waals surface area contributed by atoms with Crippen molar-refractivity contribution in [3.63, 3.8) is 0 Å². The minimum atomic E-state index is -0.951. The van der Waals surface area contributed by atoms with E-state index in [-0.39, 0.29) is 28.7 Å². The molecule has 0 N–H and O–H groups in total. The summed E-state index contributed by atoms with van der Waals surface area (Å²) < 4.78 is 7.00. The molecule has 1 atom stereocenters. The lowest BCUT2D eigenvalue weighted by Crippen LogP contribution is -2.47. The Bertz CT molecular complexity index is 868. The van der Waals surface area contributed by atoms with Gasteiger partial charge in [0.25, 0.3) is 5.91 Å². The molecule has 0 aliphatic carbocycles. The average Bonchev–Trinajstić information content (AvgIpc) is 2.92. The van der Waals surface area contributed by atoms with Crippen molar-refractivity contribution in [2.24, 2.45) is 0 Å². The van der Waals surface area contributed by atoms with Crippen LogP contribution in [0.3, 0.4) is 0 Å². The maximum Gasteiger partial charge on any atom is 0.359 e. The van der Waals surface area contributed by atoms with Crippen LogP contribution in [-0.2, 0) is 9.53 Å². The number of pyridine rings is 1. The normalized spacial score (nSPS) is 12.4. The van der Waals surface area contributed by atoms with Crippen LogP contribution in [0.5, 0.6) is 0 Å². The van der Waals surface area contributed by atoms with Gasteiger partial charge in [0.2, 0.25) is 0 Å². The number of carbonyl (C=O) groups is 2. The lowest BCUT2D eigenvalue weighted by atomic mass is 10.2. The van der Waals surface area contributed by atoms with Gasteiger partial charge in [-0.2, -0.15) is 5.10 Å². The van der Waals surface area contributed by atoms with E-state index in [1.165, 1.54) is 0 Å². The van der Waals surface area contributed by atoms with Crippen LogP contribution in [0.1, 0.15) is 56.5 Å². The highest BCUT2D eigenvalue weighted by molar-refractivity contribution is 6.33. The number of halogens is 1. The van der Waals surface area contributed by atoms with E-state index in [4.69, 9.17) is 16.3 Å².